The van der Waals surface area contributed by atoms with Crippen molar-refractivity contribution in [3.63, 3.8) is 0 Å². The number of nitrogens with zero attached hydrogens (tertiary/aromatic N) is 2. The third-order valence-corrected chi connectivity index (χ3v) is 2.72. The van der Waals surface area contributed by atoms with E-state index in [1.165, 1.54) is 0 Å². The lowest BCUT2D eigenvalue weighted by Crippen LogP contribution is -2.51. The van der Waals surface area contributed by atoms with Gasteiger partial charge in [-0.1, -0.05) is 0 Å². The number of carbonyl (C=O) groups is 1. The quantitative estimate of drug-likeness (QED) is 0.688. The highest BCUT2D eigenvalue weighted by atomic mass is 16.2. The lowest BCUT2D eigenvalue weighted by atomic mass is 10.0. The minimum Gasteiger partial charge on any atom is -0.355 e. The van der Waals surface area contributed by atoms with E-state index in [9.17, 15) is 4.79 Å². The molecular weight excluding hydrogens is 192 g/mol. The van der Waals surface area contributed by atoms with Crippen molar-refractivity contribution in [2.45, 2.75) is 6.42 Å². The zero-order valence-electron chi connectivity index (χ0n) is 8.86. The van der Waals surface area contributed by atoms with E-state index in [0.29, 0.717) is 6.54 Å². The zero-order chi connectivity index (χ0) is 10.7. The van der Waals surface area contributed by atoms with E-state index < -0.39 is 0 Å². The molecule has 1 aromatic rings. The summed E-state index contributed by atoms with van der Waals surface area (Å²) in [5, 5.41) is 6.00. The molecule has 0 aliphatic carbocycles. The number of carbonyl (C=O) groups excluding carboxylic acids is 1. The van der Waals surface area contributed by atoms with Crippen molar-refractivity contribution in [1.82, 2.24) is 20.2 Å². The summed E-state index contributed by atoms with van der Waals surface area (Å²) in [4.78, 5) is 15.7. The van der Waals surface area contributed by atoms with Gasteiger partial charge in [0.05, 0.1) is 5.92 Å². The first-order valence-electron chi connectivity index (χ1n) is 5.22. The van der Waals surface area contributed by atoms with Crippen LogP contribution in [0.25, 0.3) is 0 Å². The first kappa shape index (κ1) is 10.2. The molecule has 0 saturated carbocycles. The summed E-state index contributed by atoms with van der Waals surface area (Å²) >= 11 is 0. The van der Waals surface area contributed by atoms with Crippen LogP contribution in [0, 0.1) is 5.92 Å². The number of aryl methyl sites for hydroxylation is 1. The Balaban J connectivity index is 1.70. The zero-order valence-corrected chi connectivity index (χ0v) is 8.86. The third-order valence-electron chi connectivity index (χ3n) is 2.72. The SMILES string of the molecule is Cn1ccnc1CCNC(=O)C1CNC1. The molecule has 0 aromatic carbocycles. The Labute approximate surface area is 88.9 Å². The molecule has 1 aliphatic heterocycles. The van der Waals surface area contributed by atoms with Gasteiger partial charge in [0.2, 0.25) is 5.91 Å². The number of aromatic nitrogens is 2. The second kappa shape index (κ2) is 4.44. The molecule has 5 heteroatoms. The number of rotatable bonds is 4. The maximum atomic E-state index is 11.5. The van der Waals surface area contributed by atoms with Crippen molar-refractivity contribution in [2.75, 3.05) is 19.6 Å². The van der Waals surface area contributed by atoms with Gasteiger partial charge in [0.15, 0.2) is 0 Å². The van der Waals surface area contributed by atoms with Gasteiger partial charge < -0.3 is 15.2 Å². The summed E-state index contributed by atoms with van der Waals surface area (Å²) in [6.07, 6.45) is 4.47. The minimum atomic E-state index is 0.156. The van der Waals surface area contributed by atoms with Crippen LogP contribution in [-0.4, -0.2) is 35.1 Å². The van der Waals surface area contributed by atoms with Crippen LogP contribution in [0.4, 0.5) is 0 Å². The fourth-order valence-electron chi connectivity index (χ4n) is 1.55. The predicted octanol–water partition coefficient (Wildman–Crippen LogP) is -0.702. The first-order chi connectivity index (χ1) is 7.27. The lowest BCUT2D eigenvalue weighted by Gasteiger charge is -2.25. The van der Waals surface area contributed by atoms with Crippen molar-refractivity contribution >= 4 is 5.91 Å². The molecule has 2 heterocycles. The van der Waals surface area contributed by atoms with Gasteiger partial charge in [-0.05, 0) is 0 Å². The van der Waals surface area contributed by atoms with Gasteiger partial charge in [0.1, 0.15) is 5.82 Å². The van der Waals surface area contributed by atoms with E-state index in [-0.39, 0.29) is 11.8 Å². The van der Waals surface area contributed by atoms with Gasteiger partial charge in [0, 0.05) is 45.5 Å². The van der Waals surface area contributed by atoms with Crippen LogP contribution in [0.2, 0.25) is 0 Å². The lowest BCUT2D eigenvalue weighted by molar-refractivity contribution is -0.126. The standard InChI is InChI=1S/C10H16N4O/c1-14-5-4-12-9(14)2-3-13-10(15)8-6-11-7-8/h4-5,8,11H,2-3,6-7H2,1H3,(H,13,15). The molecule has 0 radical (unpaired) electrons. The molecule has 1 aromatic heterocycles. The maximum absolute atomic E-state index is 11.5. The van der Waals surface area contributed by atoms with E-state index >= 15 is 0 Å². The molecular formula is C10H16N4O. The smallest absolute Gasteiger partial charge is 0.225 e. The fourth-order valence-corrected chi connectivity index (χ4v) is 1.55. The van der Waals surface area contributed by atoms with Crippen LogP contribution in [-0.2, 0) is 18.3 Å². The topological polar surface area (TPSA) is 59.0 Å². The molecule has 1 fully saturated rings. The summed E-state index contributed by atoms with van der Waals surface area (Å²) in [6, 6.07) is 0. The van der Waals surface area contributed by atoms with Crippen LogP contribution in [0.3, 0.4) is 0 Å². The Morgan fingerprint density at radius 1 is 1.73 bits per heavy atom. The van der Waals surface area contributed by atoms with Crippen LogP contribution in [0.5, 0.6) is 0 Å². The first-order valence-corrected chi connectivity index (χ1v) is 5.22. The summed E-state index contributed by atoms with van der Waals surface area (Å²) in [6.45, 7) is 2.29. The summed E-state index contributed by atoms with van der Waals surface area (Å²) in [7, 11) is 1.96. The Morgan fingerprint density at radius 3 is 3.07 bits per heavy atom. The number of imidazole rings is 1. The van der Waals surface area contributed by atoms with E-state index in [4.69, 9.17) is 0 Å². The van der Waals surface area contributed by atoms with Crippen molar-refractivity contribution in [3.05, 3.63) is 18.2 Å². The van der Waals surface area contributed by atoms with Crippen molar-refractivity contribution < 1.29 is 4.79 Å². The molecule has 1 amide bonds. The van der Waals surface area contributed by atoms with Gasteiger partial charge in [-0.3, -0.25) is 4.79 Å². The molecule has 0 unspecified atom stereocenters. The average molecular weight is 208 g/mol. The van der Waals surface area contributed by atoms with Gasteiger partial charge >= 0.3 is 0 Å². The highest BCUT2D eigenvalue weighted by Gasteiger charge is 2.24. The van der Waals surface area contributed by atoms with Gasteiger partial charge in [-0.25, -0.2) is 4.98 Å². The highest BCUT2D eigenvalue weighted by Crippen LogP contribution is 2.02. The molecule has 2 rings (SSSR count). The van der Waals surface area contributed by atoms with Crippen LogP contribution >= 0.6 is 0 Å². The number of amides is 1. The number of hydrogen-bond donors (Lipinski definition) is 2. The fraction of sp³-hybridized carbons (Fsp3) is 0.600. The monoisotopic (exact) mass is 208 g/mol. The second-order valence-corrected chi connectivity index (χ2v) is 3.85. The van der Waals surface area contributed by atoms with Gasteiger partial charge in [-0.15, -0.1) is 0 Å². The molecule has 5 nitrogen and oxygen atoms in total. The van der Waals surface area contributed by atoms with Crippen LogP contribution < -0.4 is 10.6 Å². The molecule has 0 bridgehead atoms. The Kier molecular flexibility index (Phi) is 3.01. The summed E-state index contributed by atoms with van der Waals surface area (Å²) in [5.41, 5.74) is 0. The molecule has 0 atom stereocenters. The summed E-state index contributed by atoms with van der Waals surface area (Å²) in [5.74, 6) is 1.33. The number of nitrogens with one attached hydrogen (secondary N) is 2. The maximum Gasteiger partial charge on any atom is 0.225 e. The minimum absolute atomic E-state index is 0.156. The van der Waals surface area contributed by atoms with Crippen molar-refractivity contribution in [3.8, 4) is 0 Å². The van der Waals surface area contributed by atoms with E-state index in [1.807, 2.05) is 17.8 Å². The van der Waals surface area contributed by atoms with Crippen molar-refractivity contribution in [1.29, 1.82) is 0 Å². The summed E-state index contributed by atoms with van der Waals surface area (Å²) < 4.78 is 1.97. The second-order valence-electron chi connectivity index (χ2n) is 3.85. The van der Waals surface area contributed by atoms with Gasteiger partial charge in [0.25, 0.3) is 0 Å². The molecule has 1 saturated heterocycles. The number of hydrogen-bond acceptors (Lipinski definition) is 3. The van der Waals surface area contributed by atoms with E-state index in [1.54, 1.807) is 6.20 Å². The Morgan fingerprint density at radius 2 is 2.53 bits per heavy atom. The van der Waals surface area contributed by atoms with E-state index in [2.05, 4.69) is 15.6 Å². The molecule has 15 heavy (non-hydrogen) atoms. The molecule has 0 spiro atoms. The predicted molar refractivity (Wildman–Crippen MR) is 56.3 cm³/mol. The molecule has 1 aliphatic rings. The largest absolute Gasteiger partial charge is 0.355 e. The Bertz CT molecular complexity index is 343. The normalized spacial score (nSPS) is 16.1. The van der Waals surface area contributed by atoms with Crippen LogP contribution in [0.1, 0.15) is 5.82 Å². The Hall–Kier alpha value is -1.36. The average Bonchev–Trinajstić information content (AvgIpc) is 2.49. The third kappa shape index (κ3) is 2.36. The van der Waals surface area contributed by atoms with Crippen LogP contribution in [0.15, 0.2) is 12.4 Å². The van der Waals surface area contributed by atoms with Crippen molar-refractivity contribution in [2.24, 2.45) is 13.0 Å². The van der Waals surface area contributed by atoms with E-state index in [0.717, 1.165) is 25.3 Å². The molecule has 2 N–H and O–H groups in total. The molecule has 82 valence electrons. The highest BCUT2D eigenvalue weighted by molar-refractivity contribution is 5.79. The van der Waals surface area contributed by atoms with Gasteiger partial charge in [-0.2, -0.15) is 0 Å².